The van der Waals surface area contributed by atoms with Crippen LogP contribution in [0, 0.1) is 0 Å². The summed E-state index contributed by atoms with van der Waals surface area (Å²) in [5, 5.41) is 10.8. The van der Waals surface area contributed by atoms with Crippen LogP contribution in [0.4, 0.5) is 0 Å². The van der Waals surface area contributed by atoms with Gasteiger partial charge in [0.15, 0.2) is 0 Å². The molecule has 0 aliphatic rings. The van der Waals surface area contributed by atoms with Gasteiger partial charge in [-0.25, -0.2) is 0 Å². The van der Waals surface area contributed by atoms with E-state index >= 15 is 0 Å². The molecule has 1 rings (SSSR count). The van der Waals surface area contributed by atoms with Crippen molar-refractivity contribution in [1.82, 2.24) is 0 Å². The average Bonchev–Trinajstić information content (AvgIpc) is 2.35. The van der Waals surface area contributed by atoms with E-state index in [4.69, 9.17) is 0 Å². The van der Waals surface area contributed by atoms with Crippen LogP contribution in [0.1, 0.15) is 91.8 Å². The van der Waals surface area contributed by atoms with Gasteiger partial charge in [0.05, 0.1) is 0 Å². The molecule has 0 atom stereocenters. The zero-order chi connectivity index (χ0) is 16.6. The predicted octanol–water partition coefficient (Wildman–Crippen LogP) is 6.06. The molecule has 0 aromatic heterocycles. The Bertz CT molecular complexity index is 459. The molecule has 0 unspecified atom stereocenters. The van der Waals surface area contributed by atoms with Crippen molar-refractivity contribution in [2.24, 2.45) is 0 Å². The van der Waals surface area contributed by atoms with Crippen LogP contribution in [-0.2, 0) is 16.2 Å². The standard InChI is InChI=1S/C20H34O/c1-10-20(9,11-2)14-12-15(18(3,4)5)17(21)16(13-14)19(6,7)8/h12-13,21H,10-11H2,1-9H3. The van der Waals surface area contributed by atoms with Gasteiger partial charge in [0.1, 0.15) is 5.75 Å². The summed E-state index contributed by atoms with van der Waals surface area (Å²) in [7, 11) is 0. The molecule has 0 aliphatic heterocycles. The predicted molar refractivity (Wildman–Crippen MR) is 93.4 cm³/mol. The van der Waals surface area contributed by atoms with Crippen LogP contribution in [0.3, 0.4) is 0 Å². The molecule has 1 nitrogen and oxygen atoms in total. The summed E-state index contributed by atoms with van der Waals surface area (Å²) in [6.07, 6.45) is 2.23. The molecule has 1 aromatic rings. The second kappa shape index (κ2) is 5.66. The van der Waals surface area contributed by atoms with Gasteiger partial charge in [-0.05, 0) is 45.8 Å². The Labute approximate surface area is 131 Å². The van der Waals surface area contributed by atoms with Gasteiger partial charge >= 0.3 is 0 Å². The lowest BCUT2D eigenvalue weighted by molar-refractivity contribution is 0.410. The second-order valence-corrected chi connectivity index (χ2v) is 8.69. The van der Waals surface area contributed by atoms with E-state index in [0.29, 0.717) is 5.75 Å². The fraction of sp³-hybridized carbons (Fsp3) is 0.700. The van der Waals surface area contributed by atoms with Crippen LogP contribution < -0.4 is 0 Å². The Kier molecular flexibility index (Phi) is 4.87. The maximum atomic E-state index is 10.8. The van der Waals surface area contributed by atoms with Crippen molar-refractivity contribution in [2.75, 3.05) is 0 Å². The lowest BCUT2D eigenvalue weighted by Crippen LogP contribution is -2.24. The Morgan fingerprint density at radius 3 is 1.33 bits per heavy atom. The molecule has 0 spiro atoms. The number of phenolic OH excluding ortho intramolecular Hbond substituents is 1. The van der Waals surface area contributed by atoms with Crippen LogP contribution in [0.25, 0.3) is 0 Å². The van der Waals surface area contributed by atoms with Crippen LogP contribution >= 0.6 is 0 Å². The average molecular weight is 290 g/mol. The number of hydrogen-bond donors (Lipinski definition) is 1. The molecule has 0 amide bonds. The Morgan fingerprint density at radius 2 is 1.10 bits per heavy atom. The first-order valence-corrected chi connectivity index (χ1v) is 8.25. The summed E-state index contributed by atoms with van der Waals surface area (Å²) in [6, 6.07) is 4.47. The number of benzene rings is 1. The molecule has 0 saturated heterocycles. The minimum Gasteiger partial charge on any atom is -0.507 e. The van der Waals surface area contributed by atoms with Crippen LogP contribution in [0.2, 0.25) is 0 Å². The molecule has 120 valence electrons. The summed E-state index contributed by atoms with van der Waals surface area (Å²) in [6.45, 7) is 19.9. The molecule has 0 saturated carbocycles. The lowest BCUT2D eigenvalue weighted by atomic mass is 9.72. The first-order chi connectivity index (χ1) is 9.36. The van der Waals surface area contributed by atoms with E-state index in [1.807, 2.05) is 0 Å². The number of phenols is 1. The Hall–Kier alpha value is -0.980. The summed E-state index contributed by atoms with van der Waals surface area (Å²) in [4.78, 5) is 0. The SMILES string of the molecule is CCC(C)(CC)c1cc(C(C)(C)C)c(O)c(C(C)(C)C)c1. The molecule has 21 heavy (non-hydrogen) atoms. The monoisotopic (exact) mass is 290 g/mol. The highest BCUT2D eigenvalue weighted by Gasteiger charge is 2.31. The van der Waals surface area contributed by atoms with E-state index in [2.05, 4.69) is 74.4 Å². The quantitative estimate of drug-likeness (QED) is 0.716. The third kappa shape index (κ3) is 3.62. The molecule has 0 aliphatic carbocycles. The zero-order valence-corrected chi connectivity index (χ0v) is 15.5. The minimum atomic E-state index is -0.0531. The van der Waals surface area contributed by atoms with Gasteiger partial charge in [0.2, 0.25) is 0 Å². The van der Waals surface area contributed by atoms with E-state index < -0.39 is 0 Å². The van der Waals surface area contributed by atoms with Crippen LogP contribution in [0.15, 0.2) is 12.1 Å². The lowest BCUT2D eigenvalue weighted by Gasteiger charge is -2.33. The minimum absolute atomic E-state index is 0.0531. The second-order valence-electron chi connectivity index (χ2n) is 8.69. The van der Waals surface area contributed by atoms with Crippen molar-refractivity contribution in [2.45, 2.75) is 91.4 Å². The summed E-state index contributed by atoms with van der Waals surface area (Å²) < 4.78 is 0. The number of rotatable bonds is 3. The van der Waals surface area contributed by atoms with E-state index in [1.54, 1.807) is 0 Å². The fourth-order valence-electron chi connectivity index (χ4n) is 2.78. The number of hydrogen-bond acceptors (Lipinski definition) is 1. The van der Waals surface area contributed by atoms with E-state index in [0.717, 1.165) is 24.0 Å². The van der Waals surface area contributed by atoms with Crippen LogP contribution in [0.5, 0.6) is 5.75 Å². The van der Waals surface area contributed by atoms with Crippen molar-refractivity contribution in [3.8, 4) is 5.75 Å². The van der Waals surface area contributed by atoms with E-state index in [1.165, 1.54) is 5.56 Å². The van der Waals surface area contributed by atoms with Gasteiger partial charge in [-0.2, -0.15) is 0 Å². The maximum Gasteiger partial charge on any atom is 0.123 e. The van der Waals surface area contributed by atoms with Gasteiger partial charge in [-0.15, -0.1) is 0 Å². The smallest absolute Gasteiger partial charge is 0.123 e. The van der Waals surface area contributed by atoms with Gasteiger partial charge in [0, 0.05) is 0 Å². The Balaban J connectivity index is 3.71. The highest BCUT2D eigenvalue weighted by atomic mass is 16.3. The summed E-state index contributed by atoms with van der Waals surface area (Å²) >= 11 is 0. The van der Waals surface area contributed by atoms with Crippen molar-refractivity contribution >= 4 is 0 Å². The Morgan fingerprint density at radius 1 is 0.762 bits per heavy atom. The molecule has 0 heterocycles. The molecule has 1 heteroatoms. The fourth-order valence-corrected chi connectivity index (χ4v) is 2.78. The third-order valence-corrected chi connectivity index (χ3v) is 4.98. The van der Waals surface area contributed by atoms with Crippen LogP contribution in [-0.4, -0.2) is 5.11 Å². The van der Waals surface area contributed by atoms with Crippen molar-refractivity contribution in [1.29, 1.82) is 0 Å². The normalized spacial score (nSPS) is 13.6. The van der Waals surface area contributed by atoms with Gasteiger partial charge in [-0.1, -0.05) is 74.4 Å². The van der Waals surface area contributed by atoms with Crippen molar-refractivity contribution < 1.29 is 5.11 Å². The molecule has 0 fully saturated rings. The largest absolute Gasteiger partial charge is 0.507 e. The third-order valence-electron chi connectivity index (χ3n) is 4.98. The first-order valence-electron chi connectivity index (χ1n) is 8.25. The highest BCUT2D eigenvalue weighted by Crippen LogP contribution is 2.43. The van der Waals surface area contributed by atoms with Crippen molar-refractivity contribution in [3.05, 3.63) is 28.8 Å². The highest BCUT2D eigenvalue weighted by molar-refractivity contribution is 5.51. The summed E-state index contributed by atoms with van der Waals surface area (Å²) in [5.74, 6) is 0.480. The van der Waals surface area contributed by atoms with Crippen molar-refractivity contribution in [3.63, 3.8) is 0 Å². The molecule has 1 N–H and O–H groups in total. The molecule has 1 aromatic carbocycles. The molecular weight excluding hydrogens is 256 g/mol. The van der Waals surface area contributed by atoms with Gasteiger partial charge in [-0.3, -0.25) is 0 Å². The van der Waals surface area contributed by atoms with Gasteiger partial charge in [0.25, 0.3) is 0 Å². The van der Waals surface area contributed by atoms with Gasteiger partial charge < -0.3 is 5.11 Å². The summed E-state index contributed by atoms with van der Waals surface area (Å²) in [5.41, 5.74) is 3.56. The van der Waals surface area contributed by atoms with E-state index in [9.17, 15) is 5.11 Å². The maximum absolute atomic E-state index is 10.8. The zero-order valence-electron chi connectivity index (χ0n) is 15.5. The molecular formula is C20H34O. The topological polar surface area (TPSA) is 20.2 Å². The molecule has 0 bridgehead atoms. The molecule has 0 radical (unpaired) electrons. The number of aromatic hydroxyl groups is 1. The first kappa shape index (κ1) is 18.1. The van der Waals surface area contributed by atoms with E-state index in [-0.39, 0.29) is 16.2 Å².